The molecule has 4 N–H and O–H groups in total. The molecule has 25 heavy (non-hydrogen) atoms. The van der Waals surface area contributed by atoms with Crippen molar-refractivity contribution in [3.8, 4) is 0 Å². The first kappa shape index (κ1) is 17.4. The number of nitrogens with two attached hydrogens (primary N) is 1. The maximum absolute atomic E-state index is 11.6. The average molecular weight is 343 g/mol. The predicted octanol–water partition coefficient (Wildman–Crippen LogP) is 2.92. The van der Waals surface area contributed by atoms with Gasteiger partial charge in [0.1, 0.15) is 0 Å². The molecule has 1 fully saturated rings. The molecule has 1 aromatic heterocycles. The van der Waals surface area contributed by atoms with Gasteiger partial charge in [-0.3, -0.25) is 0 Å². The zero-order valence-electron chi connectivity index (χ0n) is 14.5. The summed E-state index contributed by atoms with van der Waals surface area (Å²) in [5, 5.41) is 9.64. The van der Waals surface area contributed by atoms with E-state index < -0.39 is 5.54 Å². The van der Waals surface area contributed by atoms with E-state index in [-0.39, 0.29) is 6.03 Å². The van der Waals surface area contributed by atoms with Crippen LogP contribution in [0.3, 0.4) is 0 Å². The van der Waals surface area contributed by atoms with Crippen molar-refractivity contribution in [2.75, 3.05) is 11.9 Å². The predicted molar refractivity (Wildman–Crippen MR) is 95.2 cm³/mol. The molecule has 7 nitrogen and oxygen atoms in total. The fourth-order valence-corrected chi connectivity index (χ4v) is 3.05. The average Bonchev–Trinajstić information content (AvgIpc) is 3.25. The number of carbonyl (C=O) groups is 1. The first-order valence-corrected chi connectivity index (χ1v) is 8.85. The minimum absolute atomic E-state index is 0.194. The number of aromatic nitrogens is 2. The lowest BCUT2D eigenvalue weighted by Gasteiger charge is -2.17. The summed E-state index contributed by atoms with van der Waals surface area (Å²) in [5.41, 5.74) is 7.71. The molecule has 134 valence electrons. The Labute approximate surface area is 147 Å². The lowest BCUT2D eigenvalue weighted by molar-refractivity contribution is 0.252. The third kappa shape index (κ3) is 4.36. The van der Waals surface area contributed by atoms with Crippen LogP contribution >= 0.6 is 0 Å². The molecule has 7 heteroatoms. The number of urea groups is 1. The number of hydrogen-bond acceptors (Lipinski definition) is 5. The van der Waals surface area contributed by atoms with Crippen LogP contribution in [-0.4, -0.2) is 22.7 Å². The van der Waals surface area contributed by atoms with Gasteiger partial charge in [0, 0.05) is 12.2 Å². The van der Waals surface area contributed by atoms with Crippen molar-refractivity contribution in [2.24, 2.45) is 5.73 Å². The Bertz CT molecular complexity index is 705. The van der Waals surface area contributed by atoms with Gasteiger partial charge in [-0.2, -0.15) is 4.98 Å². The number of nitrogens with one attached hydrogen (secondary N) is 2. The van der Waals surface area contributed by atoms with Gasteiger partial charge in [-0.15, -0.1) is 0 Å². The van der Waals surface area contributed by atoms with E-state index >= 15 is 0 Å². The maximum Gasteiger partial charge on any atom is 0.319 e. The molecule has 0 radical (unpaired) electrons. The molecule has 0 aliphatic heterocycles. The Kier molecular flexibility index (Phi) is 5.33. The molecule has 0 bridgehead atoms. The Hall–Kier alpha value is -2.41. The van der Waals surface area contributed by atoms with E-state index in [1.54, 1.807) is 0 Å². The van der Waals surface area contributed by atoms with Crippen LogP contribution in [0.2, 0.25) is 0 Å². The maximum atomic E-state index is 11.6. The SMILES string of the molecule is CCCNC(=O)Nc1ccc(Cc2nc(C3(N)CCCC3)no2)cc1. The Morgan fingerprint density at radius 3 is 2.68 bits per heavy atom. The third-order valence-corrected chi connectivity index (χ3v) is 4.51. The third-order valence-electron chi connectivity index (χ3n) is 4.51. The molecule has 1 aromatic carbocycles. The Balaban J connectivity index is 1.58. The quantitative estimate of drug-likeness (QED) is 0.748. The minimum atomic E-state index is -0.429. The molecule has 0 unspecified atom stereocenters. The summed E-state index contributed by atoms with van der Waals surface area (Å²) in [6, 6.07) is 7.40. The smallest absolute Gasteiger partial charge is 0.319 e. The van der Waals surface area contributed by atoms with Crippen LogP contribution < -0.4 is 16.4 Å². The van der Waals surface area contributed by atoms with Crippen molar-refractivity contribution in [2.45, 2.75) is 51.0 Å². The topological polar surface area (TPSA) is 106 Å². The molecule has 0 saturated heterocycles. The van der Waals surface area contributed by atoms with E-state index in [2.05, 4.69) is 20.8 Å². The van der Waals surface area contributed by atoms with Gasteiger partial charge in [0.15, 0.2) is 5.82 Å². The van der Waals surface area contributed by atoms with Crippen LogP contribution in [0.1, 0.15) is 56.3 Å². The number of rotatable bonds is 6. The van der Waals surface area contributed by atoms with E-state index in [0.29, 0.717) is 24.7 Å². The molecule has 0 spiro atoms. The molecular weight excluding hydrogens is 318 g/mol. The van der Waals surface area contributed by atoms with Crippen LogP contribution in [0, 0.1) is 0 Å². The fourth-order valence-electron chi connectivity index (χ4n) is 3.05. The van der Waals surface area contributed by atoms with Crippen LogP contribution in [0.15, 0.2) is 28.8 Å². The molecule has 2 aromatic rings. The summed E-state index contributed by atoms with van der Waals surface area (Å²) in [5.74, 6) is 1.18. The van der Waals surface area contributed by atoms with E-state index in [9.17, 15) is 4.79 Å². The lowest BCUT2D eigenvalue weighted by atomic mass is 9.99. The zero-order chi connectivity index (χ0) is 17.7. The molecule has 2 amide bonds. The first-order chi connectivity index (χ1) is 12.1. The summed E-state index contributed by atoms with van der Waals surface area (Å²) >= 11 is 0. The van der Waals surface area contributed by atoms with E-state index in [4.69, 9.17) is 10.3 Å². The van der Waals surface area contributed by atoms with Crippen molar-refractivity contribution in [3.63, 3.8) is 0 Å². The van der Waals surface area contributed by atoms with E-state index in [1.807, 2.05) is 31.2 Å². The molecule has 1 aliphatic rings. The van der Waals surface area contributed by atoms with Gasteiger partial charge in [-0.05, 0) is 37.0 Å². The van der Waals surface area contributed by atoms with Gasteiger partial charge in [-0.1, -0.05) is 37.1 Å². The Morgan fingerprint density at radius 1 is 1.28 bits per heavy atom. The molecule has 3 rings (SSSR count). The van der Waals surface area contributed by atoms with Crippen molar-refractivity contribution >= 4 is 11.7 Å². The van der Waals surface area contributed by atoms with E-state index in [1.165, 1.54) is 0 Å². The summed E-state index contributed by atoms with van der Waals surface area (Å²) in [4.78, 5) is 16.1. The van der Waals surface area contributed by atoms with Crippen molar-refractivity contribution in [3.05, 3.63) is 41.5 Å². The van der Waals surface area contributed by atoms with Crippen LogP contribution in [-0.2, 0) is 12.0 Å². The molecule has 1 heterocycles. The van der Waals surface area contributed by atoms with Crippen molar-refractivity contribution in [1.82, 2.24) is 15.5 Å². The van der Waals surface area contributed by atoms with Crippen LogP contribution in [0.25, 0.3) is 0 Å². The molecule has 0 atom stereocenters. The van der Waals surface area contributed by atoms with Crippen molar-refractivity contribution < 1.29 is 9.32 Å². The highest BCUT2D eigenvalue weighted by atomic mass is 16.5. The number of anilines is 1. The Morgan fingerprint density at radius 2 is 2.00 bits per heavy atom. The molecule has 1 aliphatic carbocycles. The second-order valence-corrected chi connectivity index (χ2v) is 6.63. The summed E-state index contributed by atoms with van der Waals surface area (Å²) in [6.45, 7) is 2.67. The fraction of sp³-hybridized carbons (Fsp3) is 0.500. The summed E-state index contributed by atoms with van der Waals surface area (Å²) in [6.07, 6.45) is 5.49. The summed E-state index contributed by atoms with van der Waals surface area (Å²) in [7, 11) is 0. The number of benzene rings is 1. The first-order valence-electron chi connectivity index (χ1n) is 8.85. The van der Waals surface area contributed by atoms with Crippen LogP contribution in [0.4, 0.5) is 10.5 Å². The van der Waals surface area contributed by atoms with E-state index in [0.717, 1.165) is 43.4 Å². The second-order valence-electron chi connectivity index (χ2n) is 6.63. The highest BCUT2D eigenvalue weighted by Crippen LogP contribution is 2.34. The normalized spacial score (nSPS) is 15.9. The van der Waals surface area contributed by atoms with Crippen molar-refractivity contribution in [1.29, 1.82) is 0 Å². The zero-order valence-corrected chi connectivity index (χ0v) is 14.5. The standard InChI is InChI=1S/C18H25N5O2/c1-2-11-20-17(24)21-14-7-5-13(6-8-14)12-15-22-16(23-25-15)18(19)9-3-4-10-18/h5-8H,2-4,9-12,19H2,1H3,(H2,20,21,24). The lowest BCUT2D eigenvalue weighted by Crippen LogP contribution is -2.34. The molecular formula is C18H25N5O2. The largest absolute Gasteiger partial charge is 0.339 e. The van der Waals surface area contributed by atoms with Crippen LogP contribution in [0.5, 0.6) is 0 Å². The van der Waals surface area contributed by atoms with Gasteiger partial charge < -0.3 is 20.9 Å². The van der Waals surface area contributed by atoms with Gasteiger partial charge >= 0.3 is 6.03 Å². The number of nitrogens with zero attached hydrogens (tertiary/aromatic N) is 2. The van der Waals surface area contributed by atoms with Gasteiger partial charge in [0.25, 0.3) is 0 Å². The van der Waals surface area contributed by atoms with Gasteiger partial charge in [0.2, 0.25) is 5.89 Å². The monoisotopic (exact) mass is 343 g/mol. The number of amides is 2. The highest BCUT2D eigenvalue weighted by molar-refractivity contribution is 5.89. The van der Waals surface area contributed by atoms with Gasteiger partial charge in [-0.25, -0.2) is 4.79 Å². The minimum Gasteiger partial charge on any atom is -0.339 e. The molecule has 1 saturated carbocycles. The number of hydrogen-bond donors (Lipinski definition) is 3. The number of carbonyl (C=O) groups excluding carboxylic acids is 1. The summed E-state index contributed by atoms with van der Waals surface area (Å²) < 4.78 is 5.36. The second kappa shape index (κ2) is 7.65. The van der Waals surface area contributed by atoms with Gasteiger partial charge in [0.05, 0.1) is 12.0 Å². The highest BCUT2D eigenvalue weighted by Gasteiger charge is 2.35.